The average molecular weight is 491 g/mol. The number of nitrogens with one attached hydrogen (secondary N) is 1. The lowest BCUT2D eigenvalue weighted by Gasteiger charge is -2.39. The van der Waals surface area contributed by atoms with Crippen LogP contribution in [0.3, 0.4) is 0 Å². The summed E-state index contributed by atoms with van der Waals surface area (Å²) in [5.74, 6) is -0.101. The average Bonchev–Trinajstić information content (AvgIpc) is 2.90. The minimum atomic E-state index is -3.80. The summed E-state index contributed by atoms with van der Waals surface area (Å²) in [6.07, 6.45) is 3.08. The smallest absolute Gasteiger partial charge is 0.261 e. The van der Waals surface area contributed by atoms with Crippen LogP contribution in [0.25, 0.3) is 0 Å². The second kappa shape index (κ2) is 7.38. The van der Waals surface area contributed by atoms with E-state index in [2.05, 4.69) is 41.4 Å². The highest BCUT2D eigenvalue weighted by Gasteiger charge is 2.51. The van der Waals surface area contributed by atoms with E-state index in [1.807, 2.05) is 4.90 Å². The van der Waals surface area contributed by atoms with Crippen molar-refractivity contribution in [3.05, 3.63) is 58.6 Å². The minimum absolute atomic E-state index is 0.101. The molecule has 2 aromatic carbocycles. The number of rotatable bonds is 4. The summed E-state index contributed by atoms with van der Waals surface area (Å²) >= 11 is 3.32. The number of likely N-dealkylation sites (tertiary alicyclic amines) is 1. The Hall–Kier alpha value is -1.86. The predicted molar refractivity (Wildman–Crippen MR) is 122 cm³/mol. The van der Waals surface area contributed by atoms with E-state index in [9.17, 15) is 13.2 Å². The van der Waals surface area contributed by atoms with E-state index >= 15 is 0 Å². The fourth-order valence-electron chi connectivity index (χ4n) is 5.43. The molecule has 1 amide bonds. The first-order chi connectivity index (χ1) is 14.0. The quantitative estimate of drug-likeness (QED) is 0.632. The second-order valence-electron chi connectivity index (χ2n) is 9.75. The molecule has 2 unspecified atom stereocenters. The van der Waals surface area contributed by atoms with E-state index in [0.29, 0.717) is 17.8 Å². The van der Waals surface area contributed by atoms with Gasteiger partial charge in [0.1, 0.15) is 0 Å². The highest BCUT2D eigenvalue weighted by Crippen LogP contribution is 2.52. The molecule has 1 saturated carbocycles. The van der Waals surface area contributed by atoms with Gasteiger partial charge in [0.2, 0.25) is 0 Å². The summed E-state index contributed by atoms with van der Waals surface area (Å²) in [4.78, 5) is 15.6. The number of sulfonamides is 1. The van der Waals surface area contributed by atoms with Crippen molar-refractivity contribution in [3.8, 4) is 0 Å². The maximum Gasteiger partial charge on any atom is 0.261 e. The number of anilines is 1. The maximum absolute atomic E-state index is 13.5. The van der Waals surface area contributed by atoms with E-state index in [0.717, 1.165) is 23.7 Å². The third kappa shape index (κ3) is 4.14. The van der Waals surface area contributed by atoms with Crippen LogP contribution in [0, 0.1) is 10.8 Å². The van der Waals surface area contributed by atoms with Gasteiger partial charge in [0.25, 0.3) is 15.9 Å². The molecule has 0 aromatic heterocycles. The van der Waals surface area contributed by atoms with Gasteiger partial charge in [-0.1, -0.05) is 48.8 Å². The Labute approximate surface area is 187 Å². The lowest BCUT2D eigenvalue weighted by atomic mass is 9.65. The molecule has 0 radical (unpaired) electrons. The molecule has 2 aliphatic rings. The van der Waals surface area contributed by atoms with Gasteiger partial charge in [-0.05, 0) is 66.5 Å². The van der Waals surface area contributed by atoms with Gasteiger partial charge in [0.15, 0.2) is 0 Å². The highest BCUT2D eigenvalue weighted by atomic mass is 79.9. The highest BCUT2D eigenvalue weighted by molar-refractivity contribution is 9.10. The Morgan fingerprint density at radius 2 is 1.73 bits per heavy atom. The Balaban J connectivity index is 1.62. The van der Waals surface area contributed by atoms with Gasteiger partial charge in [0, 0.05) is 17.1 Å². The van der Waals surface area contributed by atoms with E-state index < -0.39 is 10.0 Å². The van der Waals surface area contributed by atoms with Crippen LogP contribution in [0.1, 0.15) is 50.4 Å². The number of hydrogen-bond acceptors (Lipinski definition) is 3. The molecule has 1 saturated heterocycles. The van der Waals surface area contributed by atoms with E-state index in [1.165, 1.54) is 12.1 Å². The van der Waals surface area contributed by atoms with E-state index in [1.54, 1.807) is 36.4 Å². The second-order valence-corrected chi connectivity index (χ2v) is 12.3. The van der Waals surface area contributed by atoms with Gasteiger partial charge < -0.3 is 4.90 Å². The van der Waals surface area contributed by atoms with Gasteiger partial charge in [-0.15, -0.1) is 0 Å². The number of nitrogens with zero attached hydrogens (tertiary/aromatic N) is 1. The minimum Gasteiger partial charge on any atom is -0.335 e. The van der Waals surface area contributed by atoms with Gasteiger partial charge in [-0.3, -0.25) is 9.52 Å². The molecule has 1 aliphatic heterocycles. The number of hydrogen-bond donors (Lipinski definition) is 1. The molecule has 1 heterocycles. The Morgan fingerprint density at radius 3 is 2.43 bits per heavy atom. The van der Waals surface area contributed by atoms with Crippen LogP contribution in [-0.4, -0.2) is 31.8 Å². The fraction of sp³-hybridized carbons (Fsp3) is 0.435. The van der Waals surface area contributed by atoms with Crippen molar-refractivity contribution in [2.45, 2.75) is 51.0 Å². The molecule has 5 nitrogen and oxygen atoms in total. The zero-order valence-electron chi connectivity index (χ0n) is 17.5. The first-order valence-electron chi connectivity index (χ1n) is 10.2. The van der Waals surface area contributed by atoms with Gasteiger partial charge in [-0.25, -0.2) is 8.42 Å². The molecule has 1 N–H and O–H groups in total. The van der Waals surface area contributed by atoms with E-state index in [-0.39, 0.29) is 27.7 Å². The van der Waals surface area contributed by atoms with Gasteiger partial charge in [0.05, 0.1) is 16.1 Å². The first kappa shape index (κ1) is 21.4. The zero-order valence-corrected chi connectivity index (χ0v) is 19.9. The standard InChI is InChI=1S/C23H27BrN2O3S/c1-22(2)12-17-13-23(3,14-22)15-26(17)21(27)19-6-4-5-7-20(19)25-30(28,29)18-10-8-16(24)9-11-18/h4-11,17,25H,12-15H2,1-3H3. The summed E-state index contributed by atoms with van der Waals surface area (Å²) in [7, 11) is -3.80. The number of amides is 1. The van der Waals surface area contributed by atoms with Gasteiger partial charge in [-0.2, -0.15) is 0 Å². The summed E-state index contributed by atoms with van der Waals surface area (Å²) < 4.78 is 29.2. The number of fused-ring (bicyclic) bond motifs is 2. The van der Waals surface area contributed by atoms with Crippen LogP contribution in [0.15, 0.2) is 57.9 Å². The molecule has 2 fully saturated rings. The third-order valence-electron chi connectivity index (χ3n) is 6.20. The van der Waals surface area contributed by atoms with Crippen LogP contribution in [0.5, 0.6) is 0 Å². The van der Waals surface area contributed by atoms with Crippen LogP contribution >= 0.6 is 15.9 Å². The number of para-hydroxylation sites is 1. The molecule has 2 aromatic rings. The largest absolute Gasteiger partial charge is 0.335 e. The normalized spacial score (nSPS) is 25.2. The first-order valence-corrected chi connectivity index (χ1v) is 12.4. The molecule has 7 heteroatoms. The third-order valence-corrected chi connectivity index (χ3v) is 8.11. The molecule has 160 valence electrons. The molecule has 0 spiro atoms. The van der Waals surface area contributed by atoms with Crippen LogP contribution in [0.4, 0.5) is 5.69 Å². The monoisotopic (exact) mass is 490 g/mol. The number of benzene rings is 2. The number of halogens is 1. The van der Waals surface area contributed by atoms with Crippen LogP contribution in [-0.2, 0) is 10.0 Å². The van der Waals surface area contributed by atoms with Crippen molar-refractivity contribution in [1.82, 2.24) is 4.90 Å². The summed E-state index contributed by atoms with van der Waals surface area (Å²) in [6.45, 7) is 7.52. The fourth-order valence-corrected chi connectivity index (χ4v) is 6.77. The maximum atomic E-state index is 13.5. The molecule has 30 heavy (non-hydrogen) atoms. The number of carbonyl (C=O) groups excluding carboxylic acids is 1. The lowest BCUT2D eigenvalue weighted by molar-refractivity contribution is 0.0709. The number of carbonyl (C=O) groups is 1. The predicted octanol–water partition coefficient (Wildman–Crippen LogP) is 5.29. The summed E-state index contributed by atoms with van der Waals surface area (Å²) in [5.41, 5.74) is 1.03. The van der Waals surface area contributed by atoms with Crippen LogP contribution in [0.2, 0.25) is 0 Å². The van der Waals surface area contributed by atoms with Crippen molar-refractivity contribution in [2.75, 3.05) is 11.3 Å². The lowest BCUT2D eigenvalue weighted by Crippen LogP contribution is -2.38. The van der Waals surface area contributed by atoms with Crippen molar-refractivity contribution in [2.24, 2.45) is 10.8 Å². The van der Waals surface area contributed by atoms with Crippen molar-refractivity contribution in [1.29, 1.82) is 0 Å². The van der Waals surface area contributed by atoms with Crippen molar-refractivity contribution < 1.29 is 13.2 Å². The SMILES string of the molecule is CC1(C)CC2CC(C)(CN2C(=O)c2ccccc2NS(=O)(=O)c2ccc(Br)cc2)C1. The summed E-state index contributed by atoms with van der Waals surface area (Å²) in [6, 6.07) is 13.5. The molecule has 1 aliphatic carbocycles. The molecule has 2 atom stereocenters. The molecule has 2 bridgehead atoms. The summed E-state index contributed by atoms with van der Waals surface area (Å²) in [5, 5.41) is 0. The van der Waals surface area contributed by atoms with E-state index in [4.69, 9.17) is 0 Å². The molecular weight excluding hydrogens is 464 g/mol. The van der Waals surface area contributed by atoms with Crippen molar-refractivity contribution >= 4 is 37.5 Å². The Kier molecular flexibility index (Phi) is 5.26. The molecular formula is C23H27BrN2O3S. The Bertz CT molecular complexity index is 1080. The topological polar surface area (TPSA) is 66.5 Å². The van der Waals surface area contributed by atoms with Crippen molar-refractivity contribution in [3.63, 3.8) is 0 Å². The Morgan fingerprint density at radius 1 is 1.07 bits per heavy atom. The molecule has 4 rings (SSSR count). The van der Waals surface area contributed by atoms with Crippen LogP contribution < -0.4 is 4.72 Å². The van der Waals surface area contributed by atoms with Gasteiger partial charge >= 0.3 is 0 Å². The zero-order chi connectivity index (χ0) is 21.7.